The van der Waals surface area contributed by atoms with Gasteiger partial charge in [0.15, 0.2) is 0 Å². The van der Waals surface area contributed by atoms with Gasteiger partial charge in [-0.2, -0.15) is 0 Å². The summed E-state index contributed by atoms with van der Waals surface area (Å²) in [5, 5.41) is 4.33. The summed E-state index contributed by atoms with van der Waals surface area (Å²) in [6, 6.07) is 19.2. The molecule has 0 spiro atoms. The van der Waals surface area contributed by atoms with Crippen molar-refractivity contribution in [3.63, 3.8) is 0 Å². The zero-order valence-corrected chi connectivity index (χ0v) is 15.9. The highest BCUT2D eigenvalue weighted by Crippen LogP contribution is 2.31. The van der Waals surface area contributed by atoms with Gasteiger partial charge in [0, 0.05) is 54.8 Å². The lowest BCUT2D eigenvalue weighted by Crippen LogP contribution is -2.43. The molecular formula is C23H27N3O. The minimum absolute atomic E-state index is 0.0639. The standard InChI is InChI=1S/C23H27N3O/c1-2-3-14-24-23(27)25-15-13-22-20(17-25)19-11-7-8-12-21(19)26(22)16-18-9-5-4-6-10-18/h4-12H,2-3,13-17H2,1H3,(H,24,27). The van der Waals surface area contributed by atoms with Gasteiger partial charge in [-0.1, -0.05) is 61.9 Å². The van der Waals surface area contributed by atoms with Crippen LogP contribution in [0.4, 0.5) is 4.79 Å². The fourth-order valence-electron chi connectivity index (χ4n) is 4.00. The van der Waals surface area contributed by atoms with Gasteiger partial charge in [-0.05, 0) is 18.1 Å². The molecule has 0 aliphatic carbocycles. The van der Waals surface area contributed by atoms with Crippen LogP contribution in [0, 0.1) is 0 Å². The van der Waals surface area contributed by atoms with Crippen LogP contribution in [0.15, 0.2) is 54.6 Å². The van der Waals surface area contributed by atoms with Gasteiger partial charge in [-0.25, -0.2) is 4.79 Å². The van der Waals surface area contributed by atoms with Crippen molar-refractivity contribution in [3.05, 3.63) is 71.4 Å². The second-order valence-electron chi connectivity index (χ2n) is 7.27. The molecule has 4 rings (SSSR count). The highest BCUT2D eigenvalue weighted by molar-refractivity contribution is 5.87. The molecule has 3 aromatic rings. The Bertz CT molecular complexity index is 929. The fourth-order valence-corrected chi connectivity index (χ4v) is 4.00. The second-order valence-corrected chi connectivity index (χ2v) is 7.27. The number of fused-ring (bicyclic) bond motifs is 3. The van der Waals surface area contributed by atoms with Gasteiger partial charge in [0.25, 0.3) is 0 Å². The molecular weight excluding hydrogens is 334 g/mol. The van der Waals surface area contributed by atoms with Crippen LogP contribution in [-0.2, 0) is 19.5 Å². The van der Waals surface area contributed by atoms with Crippen LogP contribution in [0.1, 0.15) is 36.6 Å². The number of aromatic nitrogens is 1. The number of unbranched alkanes of at least 4 members (excludes halogenated alkanes) is 1. The van der Waals surface area contributed by atoms with E-state index in [9.17, 15) is 4.79 Å². The number of hydrogen-bond acceptors (Lipinski definition) is 1. The van der Waals surface area contributed by atoms with Gasteiger partial charge in [0.05, 0.1) is 0 Å². The average Bonchev–Trinajstić information content (AvgIpc) is 3.02. The van der Waals surface area contributed by atoms with E-state index in [1.54, 1.807) is 0 Å². The normalized spacial score (nSPS) is 13.6. The monoisotopic (exact) mass is 361 g/mol. The summed E-state index contributed by atoms with van der Waals surface area (Å²) in [6.07, 6.45) is 3.02. The van der Waals surface area contributed by atoms with Crippen LogP contribution in [-0.4, -0.2) is 28.6 Å². The van der Waals surface area contributed by atoms with Crippen LogP contribution in [0.5, 0.6) is 0 Å². The van der Waals surface area contributed by atoms with E-state index in [0.29, 0.717) is 6.54 Å². The predicted octanol–water partition coefficient (Wildman–Crippen LogP) is 4.56. The molecule has 4 heteroatoms. The van der Waals surface area contributed by atoms with Crippen molar-refractivity contribution >= 4 is 16.9 Å². The number of carbonyl (C=O) groups is 1. The molecule has 140 valence electrons. The first-order chi connectivity index (χ1) is 13.3. The summed E-state index contributed by atoms with van der Waals surface area (Å²) in [5.41, 5.74) is 5.25. The van der Waals surface area contributed by atoms with Crippen LogP contribution in [0.3, 0.4) is 0 Å². The van der Waals surface area contributed by atoms with Crippen molar-refractivity contribution in [2.24, 2.45) is 0 Å². The van der Waals surface area contributed by atoms with Crippen molar-refractivity contribution < 1.29 is 4.79 Å². The highest BCUT2D eigenvalue weighted by Gasteiger charge is 2.26. The molecule has 0 radical (unpaired) electrons. The Morgan fingerprint density at radius 2 is 1.85 bits per heavy atom. The van der Waals surface area contributed by atoms with E-state index in [4.69, 9.17) is 0 Å². The van der Waals surface area contributed by atoms with E-state index < -0.39 is 0 Å². The van der Waals surface area contributed by atoms with Gasteiger partial charge in [0.2, 0.25) is 0 Å². The summed E-state index contributed by atoms with van der Waals surface area (Å²) < 4.78 is 2.44. The molecule has 1 aliphatic heterocycles. The first-order valence-corrected chi connectivity index (χ1v) is 9.93. The number of para-hydroxylation sites is 1. The van der Waals surface area contributed by atoms with Crippen molar-refractivity contribution in [1.29, 1.82) is 0 Å². The van der Waals surface area contributed by atoms with E-state index in [2.05, 4.69) is 71.4 Å². The molecule has 1 N–H and O–H groups in total. The number of benzene rings is 2. The minimum atomic E-state index is 0.0639. The maximum atomic E-state index is 12.5. The Morgan fingerprint density at radius 3 is 2.67 bits per heavy atom. The third kappa shape index (κ3) is 3.57. The molecule has 27 heavy (non-hydrogen) atoms. The van der Waals surface area contributed by atoms with E-state index in [-0.39, 0.29) is 6.03 Å². The Kier molecular flexibility index (Phi) is 5.14. The van der Waals surface area contributed by atoms with E-state index >= 15 is 0 Å². The van der Waals surface area contributed by atoms with Crippen LogP contribution < -0.4 is 5.32 Å². The van der Waals surface area contributed by atoms with E-state index in [1.165, 1.54) is 27.7 Å². The lowest BCUT2D eigenvalue weighted by atomic mass is 10.0. The van der Waals surface area contributed by atoms with Crippen LogP contribution in [0.25, 0.3) is 10.9 Å². The number of nitrogens with zero attached hydrogens (tertiary/aromatic N) is 2. The molecule has 2 amide bonds. The molecule has 0 saturated heterocycles. The summed E-state index contributed by atoms with van der Waals surface area (Å²) in [5.74, 6) is 0. The molecule has 0 atom stereocenters. The second kappa shape index (κ2) is 7.87. The molecule has 0 fully saturated rings. The lowest BCUT2D eigenvalue weighted by Gasteiger charge is -2.28. The predicted molar refractivity (Wildman–Crippen MR) is 110 cm³/mol. The van der Waals surface area contributed by atoms with Crippen LogP contribution in [0.2, 0.25) is 0 Å². The summed E-state index contributed by atoms with van der Waals surface area (Å²) in [4.78, 5) is 14.5. The Morgan fingerprint density at radius 1 is 1.07 bits per heavy atom. The smallest absolute Gasteiger partial charge is 0.317 e. The topological polar surface area (TPSA) is 37.3 Å². The zero-order valence-electron chi connectivity index (χ0n) is 15.9. The summed E-state index contributed by atoms with van der Waals surface area (Å²) in [7, 11) is 0. The molecule has 1 aromatic heterocycles. The molecule has 0 saturated carbocycles. The fraction of sp³-hybridized carbons (Fsp3) is 0.348. The molecule has 0 bridgehead atoms. The maximum Gasteiger partial charge on any atom is 0.317 e. The number of amides is 2. The third-order valence-electron chi connectivity index (χ3n) is 5.44. The molecule has 0 unspecified atom stereocenters. The summed E-state index contributed by atoms with van der Waals surface area (Å²) >= 11 is 0. The quantitative estimate of drug-likeness (QED) is 0.665. The number of rotatable bonds is 5. The van der Waals surface area contributed by atoms with Gasteiger partial charge in [0.1, 0.15) is 0 Å². The zero-order chi connectivity index (χ0) is 18.6. The first-order valence-electron chi connectivity index (χ1n) is 9.93. The number of urea groups is 1. The minimum Gasteiger partial charge on any atom is -0.340 e. The molecule has 2 heterocycles. The molecule has 4 nitrogen and oxygen atoms in total. The molecule has 2 aromatic carbocycles. The van der Waals surface area contributed by atoms with Crippen LogP contribution >= 0.6 is 0 Å². The van der Waals surface area contributed by atoms with Gasteiger partial charge in [-0.15, -0.1) is 0 Å². The van der Waals surface area contributed by atoms with Crippen molar-refractivity contribution in [2.75, 3.05) is 13.1 Å². The number of carbonyl (C=O) groups excluding carboxylic acids is 1. The van der Waals surface area contributed by atoms with Gasteiger partial charge < -0.3 is 14.8 Å². The van der Waals surface area contributed by atoms with Gasteiger partial charge in [-0.3, -0.25) is 0 Å². The number of nitrogens with one attached hydrogen (secondary N) is 1. The lowest BCUT2D eigenvalue weighted by molar-refractivity contribution is 0.192. The van der Waals surface area contributed by atoms with E-state index in [0.717, 1.165) is 38.9 Å². The third-order valence-corrected chi connectivity index (χ3v) is 5.44. The van der Waals surface area contributed by atoms with Crippen molar-refractivity contribution in [1.82, 2.24) is 14.8 Å². The maximum absolute atomic E-state index is 12.5. The summed E-state index contributed by atoms with van der Waals surface area (Å²) in [6.45, 7) is 5.24. The first kappa shape index (κ1) is 17.7. The van der Waals surface area contributed by atoms with Crippen molar-refractivity contribution in [2.45, 2.75) is 39.3 Å². The SMILES string of the molecule is CCCCNC(=O)N1CCc2c(c3ccccc3n2Cc2ccccc2)C1. The Hall–Kier alpha value is -2.75. The van der Waals surface area contributed by atoms with Crippen molar-refractivity contribution in [3.8, 4) is 0 Å². The largest absolute Gasteiger partial charge is 0.340 e. The van der Waals surface area contributed by atoms with E-state index in [1.807, 2.05) is 4.90 Å². The Balaban J connectivity index is 1.64. The highest BCUT2D eigenvalue weighted by atomic mass is 16.2. The van der Waals surface area contributed by atoms with Gasteiger partial charge >= 0.3 is 6.03 Å². The Labute approximate surface area is 160 Å². The number of hydrogen-bond donors (Lipinski definition) is 1. The molecule has 1 aliphatic rings. The average molecular weight is 361 g/mol.